The van der Waals surface area contributed by atoms with Crippen molar-refractivity contribution in [2.75, 3.05) is 12.3 Å². The van der Waals surface area contributed by atoms with E-state index in [4.69, 9.17) is 11.5 Å². The van der Waals surface area contributed by atoms with Crippen molar-refractivity contribution in [3.63, 3.8) is 0 Å². The molecule has 1 aromatic heterocycles. The summed E-state index contributed by atoms with van der Waals surface area (Å²) in [7, 11) is 0. The molecule has 1 atom stereocenters. The Bertz CT molecular complexity index is 499. The van der Waals surface area contributed by atoms with E-state index in [2.05, 4.69) is 18.0 Å². The van der Waals surface area contributed by atoms with Crippen LogP contribution in [0.3, 0.4) is 0 Å². The Hall–Kier alpha value is -1.32. The van der Waals surface area contributed by atoms with Gasteiger partial charge in [-0.25, -0.2) is 0 Å². The number of nitrogen functional groups attached to an aromatic ring is 1. The van der Waals surface area contributed by atoms with Crippen LogP contribution in [0.15, 0.2) is 30.5 Å². The zero-order chi connectivity index (χ0) is 11.5. The van der Waals surface area contributed by atoms with Gasteiger partial charge >= 0.3 is 0 Å². The molecule has 4 N–H and O–H groups in total. The van der Waals surface area contributed by atoms with Crippen LogP contribution in [0, 0.1) is 5.92 Å². The maximum atomic E-state index is 5.99. The molecule has 0 amide bonds. The van der Waals surface area contributed by atoms with Crippen LogP contribution in [-0.4, -0.2) is 11.5 Å². The number of halogens is 1. The summed E-state index contributed by atoms with van der Waals surface area (Å²) in [6, 6.07) is 8.07. The van der Waals surface area contributed by atoms with Gasteiger partial charge in [0.2, 0.25) is 0 Å². The van der Waals surface area contributed by atoms with Crippen LogP contribution in [0.1, 0.15) is 12.5 Å². The molecule has 0 aliphatic rings. The minimum Gasteiger partial charge on any atom is -0.397 e. The number of para-hydroxylation sites is 1. The van der Waals surface area contributed by atoms with E-state index in [0.717, 1.165) is 23.0 Å². The molecule has 4 heteroatoms. The highest BCUT2D eigenvalue weighted by Gasteiger charge is 2.09. The second-order valence-corrected chi connectivity index (χ2v) is 4.25. The van der Waals surface area contributed by atoms with Gasteiger partial charge in [-0.1, -0.05) is 25.1 Å². The van der Waals surface area contributed by atoms with Crippen LogP contribution in [0.2, 0.25) is 0 Å². The molecule has 92 valence electrons. The van der Waals surface area contributed by atoms with Gasteiger partial charge in [-0.2, -0.15) is 0 Å². The maximum Gasteiger partial charge on any atom is 0.0706 e. The van der Waals surface area contributed by atoms with E-state index in [-0.39, 0.29) is 12.4 Å². The predicted molar refractivity (Wildman–Crippen MR) is 75.3 cm³/mol. The third kappa shape index (κ3) is 2.87. The smallest absolute Gasteiger partial charge is 0.0706 e. The van der Waals surface area contributed by atoms with Crippen molar-refractivity contribution in [3.8, 4) is 0 Å². The van der Waals surface area contributed by atoms with Crippen molar-refractivity contribution in [1.82, 2.24) is 4.98 Å². The van der Waals surface area contributed by atoms with Crippen LogP contribution >= 0.6 is 12.4 Å². The highest BCUT2D eigenvalue weighted by Crippen LogP contribution is 2.24. The number of rotatable bonds is 3. The normalized spacial score (nSPS) is 12.1. The van der Waals surface area contributed by atoms with Crippen molar-refractivity contribution in [2.24, 2.45) is 11.7 Å². The second kappa shape index (κ2) is 5.84. The van der Waals surface area contributed by atoms with Crippen molar-refractivity contribution < 1.29 is 0 Å². The number of benzene rings is 1. The highest BCUT2D eigenvalue weighted by molar-refractivity contribution is 5.86. The quantitative estimate of drug-likeness (QED) is 0.880. The van der Waals surface area contributed by atoms with E-state index in [1.54, 1.807) is 6.20 Å². The van der Waals surface area contributed by atoms with Crippen molar-refractivity contribution in [3.05, 3.63) is 36.0 Å². The van der Waals surface area contributed by atoms with Gasteiger partial charge in [-0.3, -0.25) is 4.98 Å². The molecule has 0 saturated carbocycles. The fourth-order valence-corrected chi connectivity index (χ4v) is 1.87. The molecule has 2 aromatic rings. The molecule has 1 aromatic carbocycles. The Morgan fingerprint density at radius 2 is 2.00 bits per heavy atom. The van der Waals surface area contributed by atoms with Gasteiger partial charge in [-0.05, 0) is 30.5 Å². The summed E-state index contributed by atoms with van der Waals surface area (Å²) < 4.78 is 0. The Kier molecular flexibility index (Phi) is 4.73. The standard InChI is InChI=1S/C13H17N3.ClH/c1-9(7-14)6-11-10-4-2-3-5-13(10)16-8-12(11)15;/h2-5,8-9H,6-7,14-15H2,1H3;1H. The fourth-order valence-electron chi connectivity index (χ4n) is 1.87. The SMILES string of the molecule is CC(CN)Cc1c(N)cnc2ccccc12.Cl. The van der Waals surface area contributed by atoms with Crippen LogP contribution in [0.4, 0.5) is 5.69 Å². The lowest BCUT2D eigenvalue weighted by atomic mass is 9.97. The molecule has 0 bridgehead atoms. The minimum atomic E-state index is 0. The lowest BCUT2D eigenvalue weighted by molar-refractivity contribution is 0.596. The molecule has 2 rings (SSSR count). The van der Waals surface area contributed by atoms with E-state index >= 15 is 0 Å². The lowest BCUT2D eigenvalue weighted by Gasteiger charge is -2.13. The first kappa shape index (κ1) is 13.7. The van der Waals surface area contributed by atoms with Crippen LogP contribution in [0.25, 0.3) is 10.9 Å². The first-order valence-corrected chi connectivity index (χ1v) is 5.54. The number of aromatic nitrogens is 1. The number of hydrogen-bond acceptors (Lipinski definition) is 3. The number of nitrogens with two attached hydrogens (primary N) is 2. The minimum absolute atomic E-state index is 0. The molecule has 17 heavy (non-hydrogen) atoms. The van der Waals surface area contributed by atoms with Gasteiger partial charge in [0.25, 0.3) is 0 Å². The average Bonchev–Trinajstić information content (AvgIpc) is 2.32. The zero-order valence-electron chi connectivity index (χ0n) is 9.89. The highest BCUT2D eigenvalue weighted by atomic mass is 35.5. The molecule has 1 heterocycles. The molecule has 0 radical (unpaired) electrons. The number of hydrogen-bond donors (Lipinski definition) is 2. The third-order valence-electron chi connectivity index (χ3n) is 2.88. The number of pyridine rings is 1. The Morgan fingerprint density at radius 3 is 2.71 bits per heavy atom. The maximum absolute atomic E-state index is 5.99. The van der Waals surface area contributed by atoms with E-state index < -0.39 is 0 Å². The van der Waals surface area contributed by atoms with Gasteiger partial charge < -0.3 is 11.5 Å². The summed E-state index contributed by atoms with van der Waals surface area (Å²) in [5.74, 6) is 0.438. The first-order valence-electron chi connectivity index (χ1n) is 5.54. The Balaban J connectivity index is 0.00000144. The van der Waals surface area contributed by atoms with E-state index in [1.807, 2.05) is 18.2 Å². The number of fused-ring (bicyclic) bond motifs is 1. The largest absolute Gasteiger partial charge is 0.397 e. The molecule has 0 fully saturated rings. The van der Waals surface area contributed by atoms with Gasteiger partial charge in [0, 0.05) is 5.39 Å². The fraction of sp³-hybridized carbons (Fsp3) is 0.308. The molecule has 0 aliphatic heterocycles. The molecule has 0 spiro atoms. The van der Waals surface area contributed by atoms with Crippen molar-refractivity contribution in [1.29, 1.82) is 0 Å². The van der Waals surface area contributed by atoms with Crippen LogP contribution in [-0.2, 0) is 6.42 Å². The molecule has 3 nitrogen and oxygen atoms in total. The first-order chi connectivity index (χ1) is 7.72. The summed E-state index contributed by atoms with van der Waals surface area (Å²) in [6.45, 7) is 2.81. The monoisotopic (exact) mass is 251 g/mol. The summed E-state index contributed by atoms with van der Waals surface area (Å²) in [5, 5.41) is 1.14. The van der Waals surface area contributed by atoms with Gasteiger partial charge in [0.15, 0.2) is 0 Å². The predicted octanol–water partition coefficient (Wildman–Crippen LogP) is 2.38. The van der Waals surface area contributed by atoms with Gasteiger partial charge in [0.1, 0.15) is 0 Å². The molecular formula is C13H18ClN3. The van der Waals surface area contributed by atoms with Gasteiger partial charge in [0.05, 0.1) is 17.4 Å². The Morgan fingerprint density at radius 1 is 1.29 bits per heavy atom. The van der Waals surface area contributed by atoms with Crippen LogP contribution in [0.5, 0.6) is 0 Å². The molecule has 0 saturated heterocycles. The lowest BCUT2D eigenvalue weighted by Crippen LogP contribution is -2.14. The molecule has 0 aliphatic carbocycles. The summed E-state index contributed by atoms with van der Waals surface area (Å²) in [6.07, 6.45) is 2.65. The topological polar surface area (TPSA) is 64.9 Å². The summed E-state index contributed by atoms with van der Waals surface area (Å²) >= 11 is 0. The zero-order valence-corrected chi connectivity index (χ0v) is 10.7. The van der Waals surface area contributed by atoms with Gasteiger partial charge in [-0.15, -0.1) is 12.4 Å². The molecular weight excluding hydrogens is 234 g/mol. The van der Waals surface area contributed by atoms with Crippen LogP contribution < -0.4 is 11.5 Å². The van der Waals surface area contributed by atoms with E-state index in [0.29, 0.717) is 12.5 Å². The van der Waals surface area contributed by atoms with Crippen molar-refractivity contribution >= 4 is 29.0 Å². The number of anilines is 1. The second-order valence-electron chi connectivity index (χ2n) is 4.25. The van der Waals surface area contributed by atoms with Crippen molar-refractivity contribution in [2.45, 2.75) is 13.3 Å². The third-order valence-corrected chi connectivity index (χ3v) is 2.88. The van der Waals surface area contributed by atoms with E-state index in [1.165, 1.54) is 5.56 Å². The number of nitrogens with zero attached hydrogens (tertiary/aromatic N) is 1. The average molecular weight is 252 g/mol. The summed E-state index contributed by atoms with van der Waals surface area (Å²) in [4.78, 5) is 4.32. The summed E-state index contributed by atoms with van der Waals surface area (Å²) in [5.41, 5.74) is 14.6. The molecule has 1 unspecified atom stereocenters. The Labute approximate surface area is 108 Å². The van der Waals surface area contributed by atoms with E-state index in [9.17, 15) is 0 Å².